The van der Waals surface area contributed by atoms with Crippen molar-refractivity contribution in [1.29, 1.82) is 0 Å². The lowest BCUT2D eigenvalue weighted by molar-refractivity contribution is 0.0696. The molecule has 0 amide bonds. The Hall–Kier alpha value is -2.37. The van der Waals surface area contributed by atoms with Crippen molar-refractivity contribution in [3.05, 3.63) is 65.2 Å². The average molecular weight is 326 g/mol. The molecular formula is C19H22N2O3. The van der Waals surface area contributed by atoms with Crippen molar-refractivity contribution in [1.82, 2.24) is 5.32 Å². The molecule has 24 heavy (non-hydrogen) atoms. The van der Waals surface area contributed by atoms with E-state index in [2.05, 4.69) is 28.4 Å². The molecular weight excluding hydrogens is 304 g/mol. The first-order valence-corrected chi connectivity index (χ1v) is 8.17. The quantitative estimate of drug-likeness (QED) is 0.854. The number of aromatic carboxylic acids is 1. The van der Waals surface area contributed by atoms with Gasteiger partial charge in [0.1, 0.15) is 0 Å². The molecule has 1 fully saturated rings. The Balaban J connectivity index is 1.62. The van der Waals surface area contributed by atoms with Crippen molar-refractivity contribution >= 4 is 11.7 Å². The number of nitrogens with zero attached hydrogens (tertiary/aromatic N) is 1. The summed E-state index contributed by atoms with van der Waals surface area (Å²) in [6.45, 7) is 4.74. The molecule has 1 aliphatic heterocycles. The molecule has 0 radical (unpaired) electrons. The summed E-state index contributed by atoms with van der Waals surface area (Å²) in [4.78, 5) is 13.4. The Labute approximate surface area is 141 Å². The molecule has 126 valence electrons. The van der Waals surface area contributed by atoms with Crippen LogP contribution in [0.25, 0.3) is 0 Å². The molecule has 0 spiro atoms. The number of nitrogens with one attached hydrogen (secondary N) is 1. The van der Waals surface area contributed by atoms with E-state index in [1.165, 1.54) is 11.3 Å². The average Bonchev–Trinajstić information content (AvgIpc) is 2.63. The second kappa shape index (κ2) is 7.95. The number of rotatable bonds is 6. The molecule has 0 atom stereocenters. The topological polar surface area (TPSA) is 61.8 Å². The zero-order chi connectivity index (χ0) is 16.8. The number of hydrogen-bond acceptors (Lipinski definition) is 4. The molecule has 1 aliphatic rings. The Morgan fingerprint density at radius 1 is 1.08 bits per heavy atom. The van der Waals surface area contributed by atoms with Crippen LogP contribution in [0.4, 0.5) is 5.69 Å². The van der Waals surface area contributed by atoms with Gasteiger partial charge in [-0.3, -0.25) is 0 Å². The van der Waals surface area contributed by atoms with Crippen molar-refractivity contribution in [2.24, 2.45) is 0 Å². The molecule has 0 bridgehead atoms. The summed E-state index contributed by atoms with van der Waals surface area (Å²) in [5.74, 6) is -0.894. The zero-order valence-electron chi connectivity index (χ0n) is 13.6. The van der Waals surface area contributed by atoms with Crippen molar-refractivity contribution in [2.75, 3.05) is 31.2 Å². The van der Waals surface area contributed by atoms with Gasteiger partial charge in [0.05, 0.1) is 18.8 Å². The van der Waals surface area contributed by atoms with Crippen LogP contribution in [0.5, 0.6) is 0 Å². The van der Waals surface area contributed by atoms with Gasteiger partial charge < -0.3 is 20.1 Å². The fraction of sp³-hybridized carbons (Fsp3) is 0.316. The van der Waals surface area contributed by atoms with Crippen molar-refractivity contribution in [3.8, 4) is 0 Å². The molecule has 1 saturated heterocycles. The number of anilines is 1. The van der Waals surface area contributed by atoms with Gasteiger partial charge in [0, 0.05) is 31.9 Å². The van der Waals surface area contributed by atoms with Crippen LogP contribution in [-0.4, -0.2) is 37.4 Å². The first kappa shape index (κ1) is 16.5. The number of ether oxygens (including phenoxy) is 1. The molecule has 2 aromatic rings. The van der Waals surface area contributed by atoms with E-state index < -0.39 is 5.97 Å². The minimum atomic E-state index is -0.894. The number of carbonyl (C=O) groups is 1. The van der Waals surface area contributed by atoms with E-state index >= 15 is 0 Å². The largest absolute Gasteiger partial charge is 0.478 e. The van der Waals surface area contributed by atoms with Gasteiger partial charge >= 0.3 is 5.97 Å². The molecule has 2 N–H and O–H groups in total. The van der Waals surface area contributed by atoms with Gasteiger partial charge in [0.2, 0.25) is 0 Å². The van der Waals surface area contributed by atoms with Gasteiger partial charge in [0.25, 0.3) is 0 Å². The Morgan fingerprint density at radius 2 is 1.88 bits per heavy atom. The van der Waals surface area contributed by atoms with Crippen LogP contribution in [0.3, 0.4) is 0 Å². The van der Waals surface area contributed by atoms with Gasteiger partial charge in [-0.25, -0.2) is 4.79 Å². The van der Waals surface area contributed by atoms with E-state index in [4.69, 9.17) is 9.84 Å². The van der Waals surface area contributed by atoms with E-state index in [1.54, 1.807) is 18.2 Å². The van der Waals surface area contributed by atoms with E-state index in [1.807, 2.05) is 12.1 Å². The molecule has 0 unspecified atom stereocenters. The van der Waals surface area contributed by atoms with Crippen LogP contribution in [0.2, 0.25) is 0 Å². The van der Waals surface area contributed by atoms with Crippen LogP contribution in [-0.2, 0) is 17.8 Å². The number of carboxylic acid groups (broad SMARTS) is 1. The van der Waals surface area contributed by atoms with E-state index in [0.717, 1.165) is 38.4 Å². The number of carboxylic acids is 1. The third kappa shape index (κ3) is 4.13. The normalized spacial score (nSPS) is 14.6. The molecule has 2 aromatic carbocycles. The predicted octanol–water partition coefficient (Wildman–Crippen LogP) is 2.51. The second-order valence-electron chi connectivity index (χ2n) is 5.84. The molecule has 0 aromatic heterocycles. The Kier molecular flexibility index (Phi) is 5.46. The number of para-hydroxylation sites is 1. The van der Waals surface area contributed by atoms with Gasteiger partial charge in [-0.05, 0) is 29.3 Å². The van der Waals surface area contributed by atoms with E-state index in [9.17, 15) is 4.79 Å². The SMILES string of the molecule is O=C(O)c1cccc(CNCc2ccccc2N2CCOCC2)c1. The number of morpholine rings is 1. The summed E-state index contributed by atoms with van der Waals surface area (Å²) in [7, 11) is 0. The summed E-state index contributed by atoms with van der Waals surface area (Å²) in [5.41, 5.74) is 3.78. The lowest BCUT2D eigenvalue weighted by atomic mass is 10.1. The van der Waals surface area contributed by atoms with Gasteiger partial charge in [0.15, 0.2) is 0 Å². The summed E-state index contributed by atoms with van der Waals surface area (Å²) < 4.78 is 5.43. The van der Waals surface area contributed by atoms with Crippen molar-refractivity contribution in [2.45, 2.75) is 13.1 Å². The highest BCUT2D eigenvalue weighted by Crippen LogP contribution is 2.21. The standard InChI is InChI=1S/C19H22N2O3/c22-19(23)16-6-3-4-15(12-16)13-20-14-17-5-1-2-7-18(17)21-8-10-24-11-9-21/h1-7,12,20H,8-11,13-14H2,(H,22,23). The first-order valence-electron chi connectivity index (χ1n) is 8.17. The number of hydrogen-bond donors (Lipinski definition) is 2. The van der Waals surface area contributed by atoms with Crippen molar-refractivity contribution < 1.29 is 14.6 Å². The third-order valence-electron chi connectivity index (χ3n) is 4.16. The molecule has 1 heterocycles. The Bertz CT molecular complexity index is 697. The van der Waals surface area contributed by atoms with E-state index in [0.29, 0.717) is 12.1 Å². The van der Waals surface area contributed by atoms with Gasteiger partial charge in [-0.1, -0.05) is 30.3 Å². The lowest BCUT2D eigenvalue weighted by Gasteiger charge is -2.30. The molecule has 3 rings (SSSR count). The van der Waals surface area contributed by atoms with Crippen LogP contribution in [0.1, 0.15) is 21.5 Å². The summed E-state index contributed by atoms with van der Waals surface area (Å²) in [5, 5.41) is 12.5. The smallest absolute Gasteiger partial charge is 0.335 e. The fourth-order valence-corrected chi connectivity index (χ4v) is 2.93. The molecule has 0 saturated carbocycles. The summed E-state index contributed by atoms with van der Waals surface area (Å²) in [6, 6.07) is 15.4. The Morgan fingerprint density at radius 3 is 2.67 bits per heavy atom. The zero-order valence-corrected chi connectivity index (χ0v) is 13.6. The van der Waals surface area contributed by atoms with Crippen molar-refractivity contribution in [3.63, 3.8) is 0 Å². The van der Waals surface area contributed by atoms with Crippen LogP contribution < -0.4 is 10.2 Å². The second-order valence-corrected chi connectivity index (χ2v) is 5.84. The summed E-state index contributed by atoms with van der Waals surface area (Å²) >= 11 is 0. The lowest BCUT2D eigenvalue weighted by Crippen LogP contribution is -2.37. The minimum absolute atomic E-state index is 0.322. The molecule has 0 aliphatic carbocycles. The third-order valence-corrected chi connectivity index (χ3v) is 4.16. The van der Waals surface area contributed by atoms with E-state index in [-0.39, 0.29) is 0 Å². The highest BCUT2D eigenvalue weighted by atomic mass is 16.5. The first-order chi connectivity index (χ1) is 11.7. The summed E-state index contributed by atoms with van der Waals surface area (Å²) in [6.07, 6.45) is 0. The minimum Gasteiger partial charge on any atom is -0.478 e. The predicted molar refractivity (Wildman–Crippen MR) is 93.4 cm³/mol. The van der Waals surface area contributed by atoms with Gasteiger partial charge in [-0.15, -0.1) is 0 Å². The maximum atomic E-state index is 11.0. The molecule has 5 heteroatoms. The molecule has 5 nitrogen and oxygen atoms in total. The van der Waals surface area contributed by atoms with Crippen LogP contribution in [0.15, 0.2) is 48.5 Å². The maximum Gasteiger partial charge on any atom is 0.335 e. The van der Waals surface area contributed by atoms with Crippen LogP contribution in [0, 0.1) is 0 Å². The van der Waals surface area contributed by atoms with Gasteiger partial charge in [-0.2, -0.15) is 0 Å². The van der Waals surface area contributed by atoms with Crippen LogP contribution >= 0.6 is 0 Å². The number of benzene rings is 2. The highest BCUT2D eigenvalue weighted by molar-refractivity contribution is 5.87. The monoisotopic (exact) mass is 326 g/mol. The fourth-order valence-electron chi connectivity index (χ4n) is 2.93. The highest BCUT2D eigenvalue weighted by Gasteiger charge is 2.14. The maximum absolute atomic E-state index is 11.0.